The van der Waals surface area contributed by atoms with Gasteiger partial charge in [-0.2, -0.15) is 0 Å². The average Bonchev–Trinajstić information content (AvgIpc) is 2.42. The molecule has 0 saturated carbocycles. The second kappa shape index (κ2) is 5.65. The van der Waals surface area contributed by atoms with Gasteiger partial charge in [0, 0.05) is 36.4 Å². The van der Waals surface area contributed by atoms with Gasteiger partial charge in [-0.15, -0.1) is 0 Å². The first-order valence-electron chi connectivity index (χ1n) is 6.83. The van der Waals surface area contributed by atoms with Gasteiger partial charge in [-0.1, -0.05) is 12.1 Å². The molecule has 0 aliphatic heterocycles. The predicted octanol–water partition coefficient (Wildman–Crippen LogP) is 2.74. The summed E-state index contributed by atoms with van der Waals surface area (Å²) in [5, 5.41) is 21.9. The van der Waals surface area contributed by atoms with E-state index in [4.69, 9.17) is 0 Å². The van der Waals surface area contributed by atoms with Crippen molar-refractivity contribution in [3.05, 3.63) is 40.6 Å². The van der Waals surface area contributed by atoms with Crippen molar-refractivity contribution in [1.82, 2.24) is 4.98 Å². The molecule has 6 nitrogen and oxygen atoms in total. The van der Waals surface area contributed by atoms with Crippen LogP contribution in [0.5, 0.6) is 0 Å². The molecule has 1 aromatic heterocycles. The first-order valence-corrected chi connectivity index (χ1v) is 6.83. The predicted molar refractivity (Wildman–Crippen MR) is 82.6 cm³/mol. The lowest BCUT2D eigenvalue weighted by atomic mass is 10.1. The second-order valence-corrected chi connectivity index (χ2v) is 5.59. The van der Waals surface area contributed by atoms with Crippen molar-refractivity contribution >= 4 is 22.3 Å². The smallest absolute Gasteiger partial charge is 0.295 e. The molecule has 0 atom stereocenters. The van der Waals surface area contributed by atoms with Gasteiger partial charge in [-0.3, -0.25) is 10.1 Å². The van der Waals surface area contributed by atoms with Gasteiger partial charge in [-0.05, 0) is 26.8 Å². The number of rotatable bonds is 5. The van der Waals surface area contributed by atoms with E-state index in [1.54, 1.807) is 26.1 Å². The number of nitro benzene ring substituents is 1. The minimum atomic E-state index is -0.855. The van der Waals surface area contributed by atoms with Crippen LogP contribution in [0.1, 0.15) is 20.8 Å². The van der Waals surface area contributed by atoms with Crippen molar-refractivity contribution in [2.45, 2.75) is 26.4 Å². The van der Waals surface area contributed by atoms with E-state index < -0.39 is 10.5 Å². The van der Waals surface area contributed by atoms with Crippen molar-refractivity contribution in [2.75, 3.05) is 18.0 Å². The highest BCUT2D eigenvalue weighted by Crippen LogP contribution is 2.31. The van der Waals surface area contributed by atoms with E-state index in [9.17, 15) is 15.2 Å². The number of benzene rings is 1. The summed E-state index contributed by atoms with van der Waals surface area (Å²) in [4.78, 5) is 16.8. The molecule has 0 fully saturated rings. The molecule has 112 valence electrons. The van der Waals surface area contributed by atoms with Gasteiger partial charge >= 0.3 is 0 Å². The number of non-ortho nitro benzene ring substituents is 1. The minimum Gasteiger partial charge on any atom is -0.389 e. The van der Waals surface area contributed by atoms with Crippen molar-refractivity contribution in [2.24, 2.45) is 0 Å². The molecule has 0 aliphatic carbocycles. The SMILES string of the molecule is CCN(CC(C)(C)O)c1ccnc2c([N+](=O)[O-])cccc12. The molecule has 6 heteroatoms. The number of nitrogens with zero attached hydrogens (tertiary/aromatic N) is 3. The number of pyridine rings is 1. The lowest BCUT2D eigenvalue weighted by molar-refractivity contribution is -0.383. The van der Waals surface area contributed by atoms with E-state index in [0.717, 1.165) is 11.1 Å². The number of anilines is 1. The van der Waals surface area contributed by atoms with Crippen molar-refractivity contribution in [1.29, 1.82) is 0 Å². The Kier molecular flexibility index (Phi) is 4.09. The zero-order chi connectivity index (χ0) is 15.6. The molecular weight excluding hydrogens is 270 g/mol. The van der Waals surface area contributed by atoms with Crippen LogP contribution in [0.3, 0.4) is 0 Å². The Morgan fingerprint density at radius 1 is 1.38 bits per heavy atom. The molecule has 2 aromatic rings. The number of para-hydroxylation sites is 1. The van der Waals surface area contributed by atoms with Gasteiger partial charge in [0.25, 0.3) is 5.69 Å². The molecule has 1 aromatic carbocycles. The van der Waals surface area contributed by atoms with Crippen LogP contribution in [0, 0.1) is 10.1 Å². The molecule has 1 N–H and O–H groups in total. The zero-order valence-corrected chi connectivity index (χ0v) is 12.4. The molecule has 0 bridgehead atoms. The molecule has 0 saturated heterocycles. The number of hydrogen-bond donors (Lipinski definition) is 1. The Hall–Kier alpha value is -2.21. The molecule has 0 unspecified atom stereocenters. The van der Waals surface area contributed by atoms with Crippen molar-refractivity contribution in [3.8, 4) is 0 Å². The molecule has 0 spiro atoms. The third kappa shape index (κ3) is 3.28. The Morgan fingerprint density at radius 2 is 2.10 bits per heavy atom. The molecule has 1 heterocycles. The van der Waals surface area contributed by atoms with Crippen LogP contribution < -0.4 is 4.90 Å². The van der Waals surface area contributed by atoms with Crippen LogP contribution in [-0.4, -0.2) is 33.7 Å². The van der Waals surface area contributed by atoms with Gasteiger partial charge in [0.05, 0.1) is 10.5 Å². The third-order valence-electron chi connectivity index (χ3n) is 3.22. The standard InChI is InChI=1S/C15H19N3O3/c1-4-17(10-15(2,3)19)12-8-9-16-14-11(12)6-5-7-13(14)18(20)21/h5-9,19H,4,10H2,1-3H3. The maximum absolute atomic E-state index is 11.1. The number of nitro groups is 1. The Morgan fingerprint density at radius 3 is 2.67 bits per heavy atom. The van der Waals surface area contributed by atoms with Crippen molar-refractivity contribution < 1.29 is 10.0 Å². The maximum atomic E-state index is 11.1. The second-order valence-electron chi connectivity index (χ2n) is 5.59. The van der Waals surface area contributed by atoms with Crippen LogP contribution in [0.2, 0.25) is 0 Å². The highest BCUT2D eigenvalue weighted by Gasteiger charge is 2.21. The van der Waals surface area contributed by atoms with Gasteiger partial charge in [0.15, 0.2) is 0 Å². The average molecular weight is 289 g/mol. The first-order chi connectivity index (χ1) is 9.83. The molecule has 0 aliphatic rings. The summed E-state index contributed by atoms with van der Waals surface area (Å²) in [6.45, 7) is 6.58. The number of hydrogen-bond acceptors (Lipinski definition) is 5. The topological polar surface area (TPSA) is 79.5 Å². The van der Waals surface area contributed by atoms with E-state index in [1.807, 2.05) is 24.0 Å². The van der Waals surface area contributed by atoms with Crippen LogP contribution >= 0.6 is 0 Å². The number of aromatic nitrogens is 1. The Bertz CT molecular complexity index is 665. The molecular formula is C15H19N3O3. The molecule has 0 radical (unpaired) electrons. The molecule has 2 rings (SSSR count). The fourth-order valence-corrected chi connectivity index (χ4v) is 2.40. The summed E-state index contributed by atoms with van der Waals surface area (Å²) < 4.78 is 0. The summed E-state index contributed by atoms with van der Waals surface area (Å²) >= 11 is 0. The van der Waals surface area contributed by atoms with Gasteiger partial charge < -0.3 is 10.0 Å². The summed E-state index contributed by atoms with van der Waals surface area (Å²) in [6, 6.07) is 6.74. The van der Waals surface area contributed by atoms with E-state index in [0.29, 0.717) is 18.6 Å². The van der Waals surface area contributed by atoms with Crippen LogP contribution in [0.4, 0.5) is 11.4 Å². The largest absolute Gasteiger partial charge is 0.389 e. The number of likely N-dealkylation sites (N-methyl/N-ethyl adjacent to an activating group) is 1. The molecule has 0 amide bonds. The van der Waals surface area contributed by atoms with Gasteiger partial charge in [-0.25, -0.2) is 4.98 Å². The van der Waals surface area contributed by atoms with Gasteiger partial charge in [0.2, 0.25) is 0 Å². The zero-order valence-electron chi connectivity index (χ0n) is 12.4. The first kappa shape index (κ1) is 15.2. The van der Waals surface area contributed by atoms with E-state index in [2.05, 4.69) is 4.98 Å². The van der Waals surface area contributed by atoms with E-state index in [-0.39, 0.29) is 5.69 Å². The van der Waals surface area contributed by atoms with Gasteiger partial charge in [0.1, 0.15) is 5.52 Å². The fraction of sp³-hybridized carbons (Fsp3) is 0.400. The highest BCUT2D eigenvalue weighted by atomic mass is 16.6. The summed E-state index contributed by atoms with van der Waals surface area (Å²) in [5.41, 5.74) is 0.350. The summed E-state index contributed by atoms with van der Waals surface area (Å²) in [5.74, 6) is 0. The molecule has 21 heavy (non-hydrogen) atoms. The fourth-order valence-electron chi connectivity index (χ4n) is 2.40. The van der Waals surface area contributed by atoms with Crippen LogP contribution in [-0.2, 0) is 0 Å². The lowest BCUT2D eigenvalue weighted by Crippen LogP contribution is -2.38. The number of fused-ring (bicyclic) bond motifs is 1. The van der Waals surface area contributed by atoms with E-state index >= 15 is 0 Å². The third-order valence-corrected chi connectivity index (χ3v) is 3.22. The summed E-state index contributed by atoms with van der Waals surface area (Å²) in [6.07, 6.45) is 1.57. The van der Waals surface area contributed by atoms with Crippen LogP contribution in [0.15, 0.2) is 30.5 Å². The monoisotopic (exact) mass is 289 g/mol. The Balaban J connectivity index is 2.59. The lowest BCUT2D eigenvalue weighted by Gasteiger charge is -2.30. The normalized spacial score (nSPS) is 11.6. The minimum absolute atomic E-state index is 0.00587. The Labute approximate surface area is 123 Å². The highest BCUT2D eigenvalue weighted by molar-refractivity contribution is 5.96. The van der Waals surface area contributed by atoms with E-state index in [1.165, 1.54) is 6.07 Å². The maximum Gasteiger partial charge on any atom is 0.295 e. The van der Waals surface area contributed by atoms with Crippen LogP contribution in [0.25, 0.3) is 10.9 Å². The summed E-state index contributed by atoms with van der Waals surface area (Å²) in [7, 11) is 0. The van der Waals surface area contributed by atoms with Crippen molar-refractivity contribution in [3.63, 3.8) is 0 Å². The number of aliphatic hydroxyl groups is 1. The quantitative estimate of drug-likeness (QED) is 0.676.